The first-order chi connectivity index (χ1) is 6.31. The summed E-state index contributed by atoms with van der Waals surface area (Å²) in [4.78, 5) is 1.24. The topological polar surface area (TPSA) is 21.3 Å². The van der Waals surface area contributed by atoms with E-state index in [-0.39, 0.29) is 6.04 Å². The number of thiophene rings is 1. The van der Waals surface area contributed by atoms with Crippen molar-refractivity contribution in [3.63, 3.8) is 0 Å². The Morgan fingerprint density at radius 2 is 2.54 bits per heavy atom. The van der Waals surface area contributed by atoms with Crippen LogP contribution in [0.25, 0.3) is 0 Å². The molecule has 0 aliphatic heterocycles. The predicted molar refractivity (Wildman–Crippen MR) is 57.5 cm³/mol. The number of ether oxygens (including phenoxy) is 1. The number of hydrogen-bond acceptors (Lipinski definition) is 3. The van der Waals surface area contributed by atoms with E-state index in [9.17, 15) is 0 Å². The fraction of sp³-hybridized carbons (Fsp3) is 0.400. The Kier molecular flexibility index (Phi) is 3.99. The zero-order valence-corrected chi connectivity index (χ0v) is 8.86. The second-order valence-corrected chi connectivity index (χ2v) is 3.60. The van der Waals surface area contributed by atoms with Gasteiger partial charge < -0.3 is 10.1 Å². The van der Waals surface area contributed by atoms with Crippen LogP contribution < -0.4 is 10.1 Å². The first kappa shape index (κ1) is 10.3. The summed E-state index contributed by atoms with van der Waals surface area (Å²) in [5.74, 6) is 0.921. The number of rotatable bonds is 5. The number of hydrogen-bond donors (Lipinski definition) is 1. The van der Waals surface area contributed by atoms with Crippen molar-refractivity contribution in [3.05, 3.63) is 29.0 Å². The van der Waals surface area contributed by atoms with E-state index >= 15 is 0 Å². The van der Waals surface area contributed by atoms with Crippen molar-refractivity contribution in [1.82, 2.24) is 5.32 Å². The van der Waals surface area contributed by atoms with Crippen molar-refractivity contribution < 1.29 is 4.74 Å². The van der Waals surface area contributed by atoms with Crippen molar-refractivity contribution in [3.8, 4) is 5.75 Å². The Bertz CT molecular complexity index is 270. The molecule has 0 amide bonds. The van der Waals surface area contributed by atoms with E-state index in [2.05, 4.69) is 18.8 Å². The van der Waals surface area contributed by atoms with Crippen molar-refractivity contribution in [2.75, 3.05) is 13.7 Å². The van der Waals surface area contributed by atoms with Crippen LogP contribution in [0.3, 0.4) is 0 Å². The van der Waals surface area contributed by atoms with Gasteiger partial charge in [0.05, 0.1) is 13.2 Å². The van der Waals surface area contributed by atoms with E-state index in [1.54, 1.807) is 18.4 Å². The molecule has 1 unspecified atom stereocenters. The van der Waals surface area contributed by atoms with Crippen LogP contribution in [0.5, 0.6) is 5.75 Å². The van der Waals surface area contributed by atoms with Crippen molar-refractivity contribution in [1.29, 1.82) is 0 Å². The average Bonchev–Trinajstić information content (AvgIpc) is 2.62. The lowest BCUT2D eigenvalue weighted by Gasteiger charge is -2.10. The molecular weight excluding hydrogens is 182 g/mol. The maximum absolute atomic E-state index is 5.12. The average molecular weight is 197 g/mol. The maximum Gasteiger partial charge on any atom is 0.129 e. The fourth-order valence-corrected chi connectivity index (χ4v) is 2.05. The van der Waals surface area contributed by atoms with Crippen LogP contribution in [0.2, 0.25) is 0 Å². The summed E-state index contributed by atoms with van der Waals surface area (Å²) in [6.07, 6.45) is 1.91. The van der Waals surface area contributed by atoms with Gasteiger partial charge in [-0.3, -0.25) is 0 Å². The summed E-state index contributed by atoms with van der Waals surface area (Å²) in [7, 11) is 1.68. The first-order valence-electron chi connectivity index (χ1n) is 4.30. The summed E-state index contributed by atoms with van der Waals surface area (Å²) >= 11 is 1.69. The predicted octanol–water partition coefficient (Wildman–Crippen LogP) is 2.59. The molecule has 0 aliphatic carbocycles. The normalized spacial score (nSPS) is 12.5. The van der Waals surface area contributed by atoms with E-state index in [0.717, 1.165) is 12.3 Å². The highest BCUT2D eigenvalue weighted by atomic mass is 32.1. The summed E-state index contributed by atoms with van der Waals surface area (Å²) in [6, 6.07) is 2.29. The molecule has 0 saturated carbocycles. The third kappa shape index (κ3) is 2.57. The second-order valence-electron chi connectivity index (χ2n) is 2.66. The molecule has 0 spiro atoms. The van der Waals surface area contributed by atoms with Crippen LogP contribution in [0.1, 0.15) is 17.8 Å². The van der Waals surface area contributed by atoms with Gasteiger partial charge in [0.15, 0.2) is 0 Å². The lowest BCUT2D eigenvalue weighted by molar-refractivity contribution is 0.416. The van der Waals surface area contributed by atoms with Gasteiger partial charge in [0.2, 0.25) is 0 Å². The Morgan fingerprint density at radius 3 is 3.00 bits per heavy atom. The second kappa shape index (κ2) is 5.04. The largest absolute Gasteiger partial charge is 0.496 e. The van der Waals surface area contributed by atoms with Gasteiger partial charge >= 0.3 is 0 Å². The summed E-state index contributed by atoms with van der Waals surface area (Å²) in [6.45, 7) is 6.82. The molecule has 0 fully saturated rings. The molecule has 1 aromatic heterocycles. The standard InChI is InChI=1S/C10H15NOS/c1-4-9(11-5-2)10-6-8(12-3)7-13-10/h4,6-7,9,11H,1,5H2,2-3H3. The fourth-order valence-electron chi connectivity index (χ4n) is 1.12. The Hall–Kier alpha value is -0.800. The van der Waals surface area contributed by atoms with Crippen LogP contribution in [-0.2, 0) is 0 Å². The Morgan fingerprint density at radius 1 is 1.77 bits per heavy atom. The highest BCUT2D eigenvalue weighted by Gasteiger charge is 2.08. The maximum atomic E-state index is 5.12. The summed E-state index contributed by atoms with van der Waals surface area (Å²) in [5, 5.41) is 5.33. The lowest BCUT2D eigenvalue weighted by Crippen LogP contribution is -2.17. The molecule has 0 aliphatic rings. The van der Waals surface area contributed by atoms with Crippen LogP contribution in [0.15, 0.2) is 24.1 Å². The van der Waals surface area contributed by atoms with Gasteiger partial charge in [-0.15, -0.1) is 17.9 Å². The minimum Gasteiger partial charge on any atom is -0.496 e. The van der Waals surface area contributed by atoms with Gasteiger partial charge in [0.1, 0.15) is 5.75 Å². The van der Waals surface area contributed by atoms with E-state index < -0.39 is 0 Å². The van der Waals surface area contributed by atoms with Gasteiger partial charge in [-0.25, -0.2) is 0 Å². The Balaban J connectivity index is 2.72. The van der Waals surface area contributed by atoms with Crippen LogP contribution in [-0.4, -0.2) is 13.7 Å². The molecule has 1 atom stereocenters. The molecule has 1 rings (SSSR count). The SMILES string of the molecule is C=CC(NCC)c1cc(OC)cs1. The van der Waals surface area contributed by atoms with Gasteiger partial charge in [0, 0.05) is 10.3 Å². The molecule has 2 nitrogen and oxygen atoms in total. The molecular formula is C10H15NOS. The lowest BCUT2D eigenvalue weighted by atomic mass is 10.2. The number of methoxy groups -OCH3 is 1. The van der Waals surface area contributed by atoms with Crippen molar-refractivity contribution in [2.45, 2.75) is 13.0 Å². The molecule has 0 radical (unpaired) electrons. The van der Waals surface area contributed by atoms with Gasteiger partial charge in [-0.2, -0.15) is 0 Å². The first-order valence-corrected chi connectivity index (χ1v) is 5.18. The van der Waals surface area contributed by atoms with Crippen molar-refractivity contribution >= 4 is 11.3 Å². The molecule has 0 saturated heterocycles. The minimum absolute atomic E-state index is 0.249. The molecule has 3 heteroatoms. The molecule has 1 heterocycles. The van der Waals surface area contributed by atoms with E-state index in [0.29, 0.717) is 0 Å². The third-order valence-corrected chi connectivity index (χ3v) is 2.79. The van der Waals surface area contributed by atoms with Crippen LogP contribution in [0, 0.1) is 0 Å². The highest BCUT2D eigenvalue weighted by molar-refractivity contribution is 7.10. The quantitative estimate of drug-likeness (QED) is 0.733. The van der Waals surface area contributed by atoms with Gasteiger partial charge in [0.25, 0.3) is 0 Å². The highest BCUT2D eigenvalue weighted by Crippen LogP contribution is 2.27. The zero-order valence-electron chi connectivity index (χ0n) is 8.04. The zero-order chi connectivity index (χ0) is 9.68. The summed E-state index contributed by atoms with van der Waals surface area (Å²) in [5.41, 5.74) is 0. The molecule has 72 valence electrons. The minimum atomic E-state index is 0.249. The molecule has 1 aromatic rings. The van der Waals surface area contributed by atoms with Crippen LogP contribution >= 0.6 is 11.3 Å². The number of likely N-dealkylation sites (N-methyl/N-ethyl adjacent to an activating group) is 1. The molecule has 0 aromatic carbocycles. The molecule has 0 bridgehead atoms. The third-order valence-electron chi connectivity index (χ3n) is 1.80. The van der Waals surface area contributed by atoms with E-state index in [1.807, 2.05) is 17.5 Å². The summed E-state index contributed by atoms with van der Waals surface area (Å²) < 4.78 is 5.12. The van der Waals surface area contributed by atoms with Gasteiger partial charge in [-0.05, 0) is 12.6 Å². The number of nitrogens with one attached hydrogen (secondary N) is 1. The van der Waals surface area contributed by atoms with Crippen molar-refractivity contribution in [2.24, 2.45) is 0 Å². The molecule has 13 heavy (non-hydrogen) atoms. The van der Waals surface area contributed by atoms with E-state index in [1.165, 1.54) is 4.88 Å². The smallest absolute Gasteiger partial charge is 0.129 e. The van der Waals surface area contributed by atoms with E-state index in [4.69, 9.17) is 4.74 Å². The Labute approximate surface area is 83.2 Å². The van der Waals surface area contributed by atoms with Gasteiger partial charge in [-0.1, -0.05) is 13.0 Å². The molecule has 1 N–H and O–H groups in total. The van der Waals surface area contributed by atoms with Crippen LogP contribution in [0.4, 0.5) is 0 Å². The monoisotopic (exact) mass is 197 g/mol.